The van der Waals surface area contributed by atoms with Crippen molar-refractivity contribution in [3.8, 4) is 22.6 Å². The molecule has 190 valence electrons. The standard InChI is InChI=1S/C28H30O8/c1-17(2)24(29)35-22-13-12-21(16-23(22)36-25(30)18(3)4)19-8-10-20(11-9-19)26(31)33-14-15-34-27(32)28(5,6)7/h8-13,16H,1,3,14-15H2,2,4-7H3. The lowest BCUT2D eigenvalue weighted by Crippen LogP contribution is -2.24. The van der Waals surface area contributed by atoms with Gasteiger partial charge in [-0.05, 0) is 70.0 Å². The molecule has 0 saturated carbocycles. The van der Waals surface area contributed by atoms with E-state index in [0.29, 0.717) is 16.7 Å². The minimum absolute atomic E-state index is 0.0309. The van der Waals surface area contributed by atoms with E-state index in [1.807, 2.05) is 0 Å². The first-order valence-corrected chi connectivity index (χ1v) is 11.1. The average Bonchev–Trinajstić information content (AvgIpc) is 2.81. The molecule has 0 bridgehead atoms. The van der Waals surface area contributed by atoms with Crippen LogP contribution in [0.1, 0.15) is 45.0 Å². The van der Waals surface area contributed by atoms with Gasteiger partial charge in [0.2, 0.25) is 0 Å². The maximum absolute atomic E-state index is 12.3. The van der Waals surface area contributed by atoms with Crippen molar-refractivity contribution in [2.75, 3.05) is 13.2 Å². The number of carbonyl (C=O) groups excluding carboxylic acids is 4. The monoisotopic (exact) mass is 494 g/mol. The predicted octanol–water partition coefficient (Wildman–Crippen LogP) is 5.06. The fraction of sp³-hybridized carbons (Fsp3) is 0.286. The van der Waals surface area contributed by atoms with Crippen molar-refractivity contribution >= 4 is 23.9 Å². The molecule has 0 aliphatic heterocycles. The van der Waals surface area contributed by atoms with E-state index in [-0.39, 0.29) is 41.8 Å². The summed E-state index contributed by atoms with van der Waals surface area (Å²) in [6.07, 6.45) is 0. The van der Waals surface area contributed by atoms with E-state index in [9.17, 15) is 19.2 Å². The van der Waals surface area contributed by atoms with E-state index in [1.165, 1.54) is 19.9 Å². The molecule has 8 nitrogen and oxygen atoms in total. The summed E-state index contributed by atoms with van der Waals surface area (Å²) >= 11 is 0. The first-order chi connectivity index (χ1) is 16.8. The van der Waals surface area contributed by atoms with Gasteiger partial charge in [0.05, 0.1) is 11.0 Å². The smallest absolute Gasteiger partial charge is 0.338 e. The second kappa shape index (κ2) is 12.0. The number of hydrogen-bond donors (Lipinski definition) is 0. The number of hydrogen-bond acceptors (Lipinski definition) is 8. The Morgan fingerprint density at radius 2 is 1.22 bits per heavy atom. The molecule has 0 aliphatic carbocycles. The molecule has 8 heteroatoms. The third kappa shape index (κ3) is 7.94. The van der Waals surface area contributed by atoms with Gasteiger partial charge in [-0.2, -0.15) is 0 Å². The summed E-state index contributed by atoms with van der Waals surface area (Å²) in [6, 6.07) is 11.2. The molecule has 0 atom stereocenters. The Balaban J connectivity index is 2.14. The Bertz CT molecular complexity index is 1180. The Kier molecular flexibility index (Phi) is 9.32. The van der Waals surface area contributed by atoms with Gasteiger partial charge in [-0.25, -0.2) is 14.4 Å². The van der Waals surface area contributed by atoms with Crippen molar-refractivity contribution in [2.24, 2.45) is 5.41 Å². The topological polar surface area (TPSA) is 105 Å². The zero-order valence-corrected chi connectivity index (χ0v) is 21.1. The lowest BCUT2D eigenvalue weighted by molar-refractivity contribution is -0.154. The molecule has 0 spiro atoms. The third-order valence-electron chi connectivity index (χ3n) is 4.66. The van der Waals surface area contributed by atoms with Crippen molar-refractivity contribution in [3.05, 3.63) is 72.3 Å². The molecule has 0 amide bonds. The van der Waals surface area contributed by atoms with E-state index in [2.05, 4.69) is 13.2 Å². The van der Waals surface area contributed by atoms with Crippen LogP contribution in [0.15, 0.2) is 66.8 Å². The summed E-state index contributed by atoms with van der Waals surface area (Å²) in [5.41, 5.74) is 1.38. The van der Waals surface area contributed by atoms with E-state index >= 15 is 0 Å². The fourth-order valence-electron chi connectivity index (χ4n) is 2.59. The normalized spacial score (nSPS) is 10.7. The molecule has 2 aromatic rings. The van der Waals surface area contributed by atoms with Gasteiger partial charge < -0.3 is 18.9 Å². The number of carbonyl (C=O) groups is 4. The quantitative estimate of drug-likeness (QED) is 0.206. The molecule has 0 saturated heterocycles. The lowest BCUT2D eigenvalue weighted by atomic mass is 9.97. The Morgan fingerprint density at radius 3 is 1.75 bits per heavy atom. The van der Waals surface area contributed by atoms with Gasteiger partial charge in [0.15, 0.2) is 11.5 Å². The van der Waals surface area contributed by atoms with Gasteiger partial charge in [-0.3, -0.25) is 4.79 Å². The highest BCUT2D eigenvalue weighted by Gasteiger charge is 2.23. The first kappa shape index (κ1) is 28.0. The summed E-state index contributed by atoms with van der Waals surface area (Å²) < 4.78 is 20.9. The van der Waals surface area contributed by atoms with Gasteiger partial charge in [0, 0.05) is 11.1 Å². The lowest BCUT2D eigenvalue weighted by Gasteiger charge is -2.16. The molecule has 0 N–H and O–H groups in total. The van der Waals surface area contributed by atoms with Crippen LogP contribution in [0.5, 0.6) is 11.5 Å². The van der Waals surface area contributed by atoms with E-state index in [1.54, 1.807) is 57.2 Å². The fourth-order valence-corrected chi connectivity index (χ4v) is 2.59. The van der Waals surface area contributed by atoms with Gasteiger partial charge in [-0.1, -0.05) is 31.4 Å². The van der Waals surface area contributed by atoms with Crippen LogP contribution in [-0.2, 0) is 23.9 Å². The second-order valence-electron chi connectivity index (χ2n) is 9.10. The molecule has 0 unspecified atom stereocenters. The summed E-state index contributed by atoms with van der Waals surface area (Å²) in [6.45, 7) is 15.2. The molecule has 0 heterocycles. The summed E-state index contributed by atoms with van der Waals surface area (Å²) in [4.78, 5) is 48.1. The van der Waals surface area contributed by atoms with Gasteiger partial charge >= 0.3 is 23.9 Å². The SMILES string of the molecule is C=C(C)C(=O)Oc1ccc(-c2ccc(C(=O)OCCOC(=O)C(C)(C)C)cc2)cc1OC(=O)C(=C)C. The van der Waals surface area contributed by atoms with Crippen LogP contribution in [0.4, 0.5) is 0 Å². The molecule has 36 heavy (non-hydrogen) atoms. The number of ether oxygens (including phenoxy) is 4. The molecular weight excluding hydrogens is 464 g/mol. The molecule has 0 fully saturated rings. The summed E-state index contributed by atoms with van der Waals surface area (Å²) in [5, 5.41) is 0. The first-order valence-electron chi connectivity index (χ1n) is 11.1. The van der Waals surface area contributed by atoms with Gasteiger partial charge in [0.25, 0.3) is 0 Å². The largest absolute Gasteiger partial charge is 0.462 e. The van der Waals surface area contributed by atoms with E-state index < -0.39 is 23.3 Å². The van der Waals surface area contributed by atoms with Crippen LogP contribution >= 0.6 is 0 Å². The Morgan fingerprint density at radius 1 is 0.722 bits per heavy atom. The second-order valence-corrected chi connectivity index (χ2v) is 9.10. The molecule has 2 aromatic carbocycles. The minimum Gasteiger partial charge on any atom is -0.462 e. The molecule has 0 aromatic heterocycles. The maximum atomic E-state index is 12.3. The predicted molar refractivity (Wildman–Crippen MR) is 133 cm³/mol. The average molecular weight is 495 g/mol. The van der Waals surface area contributed by atoms with Crippen LogP contribution in [0.2, 0.25) is 0 Å². The summed E-state index contributed by atoms with van der Waals surface area (Å²) in [5.74, 6) is -2.20. The van der Waals surface area contributed by atoms with E-state index in [4.69, 9.17) is 18.9 Å². The van der Waals surface area contributed by atoms with Crippen molar-refractivity contribution in [3.63, 3.8) is 0 Å². The third-order valence-corrected chi connectivity index (χ3v) is 4.66. The minimum atomic E-state index is -0.675. The molecule has 2 rings (SSSR count). The van der Waals surface area contributed by atoms with Crippen molar-refractivity contribution < 1.29 is 38.1 Å². The van der Waals surface area contributed by atoms with Crippen molar-refractivity contribution in [2.45, 2.75) is 34.6 Å². The number of rotatable bonds is 9. The Hall–Kier alpha value is -4.20. The van der Waals surface area contributed by atoms with Crippen LogP contribution in [0.3, 0.4) is 0 Å². The molecule has 0 radical (unpaired) electrons. The zero-order valence-electron chi connectivity index (χ0n) is 21.1. The van der Waals surface area contributed by atoms with Crippen LogP contribution in [-0.4, -0.2) is 37.1 Å². The van der Waals surface area contributed by atoms with E-state index in [0.717, 1.165) is 0 Å². The van der Waals surface area contributed by atoms with Crippen LogP contribution in [0.25, 0.3) is 11.1 Å². The number of esters is 4. The molecular formula is C28H30O8. The summed E-state index contributed by atoms with van der Waals surface area (Å²) in [7, 11) is 0. The van der Waals surface area contributed by atoms with Crippen molar-refractivity contribution in [1.29, 1.82) is 0 Å². The maximum Gasteiger partial charge on any atom is 0.338 e. The number of benzene rings is 2. The van der Waals surface area contributed by atoms with Crippen LogP contribution < -0.4 is 9.47 Å². The zero-order chi connectivity index (χ0) is 27.0. The Labute approximate surface area is 210 Å². The highest BCUT2D eigenvalue weighted by atomic mass is 16.6. The highest BCUT2D eigenvalue weighted by molar-refractivity contribution is 5.92. The molecule has 0 aliphatic rings. The van der Waals surface area contributed by atoms with Crippen molar-refractivity contribution in [1.82, 2.24) is 0 Å². The highest BCUT2D eigenvalue weighted by Crippen LogP contribution is 2.34. The van der Waals surface area contributed by atoms with Crippen LogP contribution in [0, 0.1) is 5.41 Å². The van der Waals surface area contributed by atoms with Gasteiger partial charge in [0.1, 0.15) is 13.2 Å². The van der Waals surface area contributed by atoms with Gasteiger partial charge in [-0.15, -0.1) is 0 Å².